The normalized spacial score (nSPS) is 15.6. The van der Waals surface area contributed by atoms with Crippen LogP contribution in [-0.2, 0) is 14.4 Å². The van der Waals surface area contributed by atoms with Crippen LogP contribution in [0.1, 0.15) is 12.8 Å². The van der Waals surface area contributed by atoms with E-state index >= 15 is 0 Å². The van der Waals surface area contributed by atoms with Crippen LogP contribution in [0.5, 0.6) is 0 Å². The number of benzene rings is 1. The molecule has 1 aliphatic heterocycles. The smallest absolute Gasteiger partial charge is 0.313 e. The summed E-state index contributed by atoms with van der Waals surface area (Å²) in [7, 11) is 0. The summed E-state index contributed by atoms with van der Waals surface area (Å²) in [6.45, 7) is 0.539. The van der Waals surface area contributed by atoms with E-state index in [0.717, 1.165) is 0 Å². The molecule has 0 radical (unpaired) electrons. The van der Waals surface area contributed by atoms with Crippen LogP contribution in [0.3, 0.4) is 0 Å². The van der Waals surface area contributed by atoms with Crippen LogP contribution in [0.4, 0.5) is 5.69 Å². The van der Waals surface area contributed by atoms with Crippen molar-refractivity contribution in [2.75, 3.05) is 18.4 Å². The minimum atomic E-state index is -0.859. The first-order valence-electron chi connectivity index (χ1n) is 6.56. The fraction of sp³-hybridized carbons (Fsp3) is 0.357. The Hall–Kier alpha value is -2.08. The van der Waals surface area contributed by atoms with Gasteiger partial charge >= 0.3 is 17.8 Å². The summed E-state index contributed by atoms with van der Waals surface area (Å²) in [4.78, 5) is 36.1. The zero-order chi connectivity index (χ0) is 15.4. The van der Waals surface area contributed by atoms with E-state index in [9.17, 15) is 14.4 Å². The summed E-state index contributed by atoms with van der Waals surface area (Å²) in [6.07, 6.45) is 0.723. The summed E-state index contributed by atoms with van der Waals surface area (Å²) >= 11 is 5.91. The standard InChI is InChI=1S/C14H15ClN2O4/c15-10-3-1-2-4-11(10)16-12(18)13(19)17-7-5-9(6-8-17)14(20)21/h1-4,9H,5-8H2,(H,16,18)(H,20,21). The van der Waals surface area contributed by atoms with Gasteiger partial charge in [-0.3, -0.25) is 14.4 Å². The molecular weight excluding hydrogens is 296 g/mol. The van der Waals surface area contributed by atoms with Gasteiger partial charge < -0.3 is 15.3 Å². The average Bonchev–Trinajstić information content (AvgIpc) is 2.49. The second-order valence-electron chi connectivity index (χ2n) is 4.84. The molecule has 0 spiro atoms. The molecule has 6 nitrogen and oxygen atoms in total. The Morgan fingerprint density at radius 1 is 1.19 bits per heavy atom. The number of carboxylic acid groups (broad SMARTS) is 1. The van der Waals surface area contributed by atoms with Gasteiger partial charge in [-0.15, -0.1) is 0 Å². The minimum absolute atomic E-state index is 0.270. The molecule has 1 aliphatic rings. The molecule has 0 aliphatic carbocycles. The fourth-order valence-electron chi connectivity index (χ4n) is 2.21. The van der Waals surface area contributed by atoms with Gasteiger partial charge in [0.1, 0.15) is 0 Å². The van der Waals surface area contributed by atoms with Gasteiger partial charge in [0.15, 0.2) is 0 Å². The monoisotopic (exact) mass is 310 g/mol. The third-order valence-corrected chi connectivity index (χ3v) is 3.78. The molecule has 1 saturated heterocycles. The molecule has 0 saturated carbocycles. The number of aliphatic carboxylic acids is 1. The van der Waals surface area contributed by atoms with Crippen LogP contribution in [0.15, 0.2) is 24.3 Å². The Balaban J connectivity index is 1.93. The third-order valence-electron chi connectivity index (χ3n) is 3.45. The van der Waals surface area contributed by atoms with E-state index in [0.29, 0.717) is 23.6 Å². The summed E-state index contributed by atoms with van der Waals surface area (Å²) < 4.78 is 0. The number of piperidine rings is 1. The lowest BCUT2D eigenvalue weighted by atomic mass is 9.97. The maximum atomic E-state index is 12.0. The largest absolute Gasteiger partial charge is 0.481 e. The van der Waals surface area contributed by atoms with E-state index in [2.05, 4.69) is 5.32 Å². The minimum Gasteiger partial charge on any atom is -0.481 e. The van der Waals surface area contributed by atoms with Crippen molar-refractivity contribution in [2.45, 2.75) is 12.8 Å². The number of amides is 2. The van der Waals surface area contributed by atoms with Crippen LogP contribution in [-0.4, -0.2) is 40.9 Å². The van der Waals surface area contributed by atoms with Gasteiger partial charge in [0, 0.05) is 13.1 Å². The van der Waals surface area contributed by atoms with Gasteiger partial charge in [0.2, 0.25) is 0 Å². The average molecular weight is 311 g/mol. The molecule has 0 unspecified atom stereocenters. The van der Waals surface area contributed by atoms with E-state index in [1.807, 2.05) is 0 Å². The Bertz CT molecular complexity index is 568. The molecule has 1 heterocycles. The molecule has 21 heavy (non-hydrogen) atoms. The number of hydrogen-bond donors (Lipinski definition) is 2. The number of carbonyl (C=O) groups excluding carboxylic acids is 2. The number of hydrogen-bond acceptors (Lipinski definition) is 3. The zero-order valence-electron chi connectivity index (χ0n) is 11.2. The number of para-hydroxylation sites is 1. The highest BCUT2D eigenvalue weighted by Crippen LogP contribution is 2.21. The number of nitrogens with zero attached hydrogens (tertiary/aromatic N) is 1. The molecule has 2 rings (SSSR count). The summed E-state index contributed by atoms with van der Waals surface area (Å²) in [5.41, 5.74) is 0.373. The zero-order valence-corrected chi connectivity index (χ0v) is 12.0. The molecule has 0 atom stereocenters. The van der Waals surface area contributed by atoms with Gasteiger partial charge in [0.05, 0.1) is 16.6 Å². The van der Waals surface area contributed by atoms with Crippen molar-refractivity contribution in [3.8, 4) is 0 Å². The molecule has 0 aromatic heterocycles. The topological polar surface area (TPSA) is 86.7 Å². The second-order valence-corrected chi connectivity index (χ2v) is 5.25. The highest BCUT2D eigenvalue weighted by Gasteiger charge is 2.30. The van der Waals surface area contributed by atoms with Gasteiger partial charge in [-0.1, -0.05) is 23.7 Å². The number of nitrogens with one attached hydrogen (secondary N) is 1. The van der Waals surface area contributed by atoms with Gasteiger partial charge in [-0.05, 0) is 25.0 Å². The summed E-state index contributed by atoms with van der Waals surface area (Å²) in [6, 6.07) is 6.63. The number of halogens is 1. The van der Waals surface area contributed by atoms with Crippen LogP contribution in [0.2, 0.25) is 5.02 Å². The number of carboxylic acids is 1. The predicted molar refractivity (Wildman–Crippen MR) is 77.0 cm³/mol. The van der Waals surface area contributed by atoms with Crippen molar-refractivity contribution < 1.29 is 19.5 Å². The van der Waals surface area contributed by atoms with Crippen LogP contribution in [0.25, 0.3) is 0 Å². The highest BCUT2D eigenvalue weighted by atomic mass is 35.5. The first-order chi connectivity index (χ1) is 9.99. The Morgan fingerprint density at radius 2 is 1.81 bits per heavy atom. The van der Waals surface area contributed by atoms with E-state index in [1.54, 1.807) is 24.3 Å². The lowest BCUT2D eigenvalue weighted by Gasteiger charge is -2.29. The van der Waals surface area contributed by atoms with Crippen molar-refractivity contribution in [3.63, 3.8) is 0 Å². The van der Waals surface area contributed by atoms with Crippen molar-refractivity contribution in [1.82, 2.24) is 4.90 Å². The lowest BCUT2D eigenvalue weighted by Crippen LogP contribution is -2.45. The Labute approximate surface area is 126 Å². The maximum absolute atomic E-state index is 12.0. The molecule has 2 N–H and O–H groups in total. The van der Waals surface area contributed by atoms with Gasteiger partial charge in [0.25, 0.3) is 0 Å². The van der Waals surface area contributed by atoms with Crippen molar-refractivity contribution in [1.29, 1.82) is 0 Å². The number of carbonyl (C=O) groups is 3. The van der Waals surface area contributed by atoms with Gasteiger partial charge in [-0.2, -0.15) is 0 Å². The first-order valence-corrected chi connectivity index (χ1v) is 6.94. The van der Waals surface area contributed by atoms with E-state index < -0.39 is 23.7 Å². The predicted octanol–water partition coefficient (Wildman–Crippen LogP) is 1.60. The summed E-state index contributed by atoms with van der Waals surface area (Å²) in [5, 5.41) is 11.7. The van der Waals surface area contributed by atoms with Crippen molar-refractivity contribution >= 4 is 35.1 Å². The molecular formula is C14H15ClN2O4. The van der Waals surface area contributed by atoms with Crippen LogP contribution >= 0.6 is 11.6 Å². The molecule has 7 heteroatoms. The molecule has 1 aromatic rings. The SMILES string of the molecule is O=C(Nc1ccccc1Cl)C(=O)N1CCC(C(=O)O)CC1. The number of anilines is 1. The Kier molecular flexibility index (Phi) is 4.80. The van der Waals surface area contributed by atoms with Crippen LogP contribution in [0, 0.1) is 5.92 Å². The number of rotatable bonds is 2. The highest BCUT2D eigenvalue weighted by molar-refractivity contribution is 6.41. The van der Waals surface area contributed by atoms with Gasteiger partial charge in [-0.25, -0.2) is 0 Å². The van der Waals surface area contributed by atoms with Crippen molar-refractivity contribution in [2.24, 2.45) is 5.92 Å². The quantitative estimate of drug-likeness (QED) is 0.812. The lowest BCUT2D eigenvalue weighted by molar-refractivity contribution is -0.148. The van der Waals surface area contributed by atoms with Crippen molar-refractivity contribution in [3.05, 3.63) is 29.3 Å². The molecule has 1 aromatic carbocycles. The number of likely N-dealkylation sites (tertiary alicyclic amines) is 1. The van der Waals surface area contributed by atoms with Crippen LogP contribution < -0.4 is 5.32 Å². The summed E-state index contributed by atoms with van der Waals surface area (Å²) in [5.74, 6) is -2.74. The first kappa shape index (κ1) is 15.3. The molecule has 1 fully saturated rings. The maximum Gasteiger partial charge on any atom is 0.313 e. The fourth-order valence-corrected chi connectivity index (χ4v) is 2.39. The molecule has 0 bridgehead atoms. The van der Waals surface area contributed by atoms with E-state index in [1.165, 1.54) is 4.90 Å². The second kappa shape index (κ2) is 6.58. The van der Waals surface area contributed by atoms with E-state index in [-0.39, 0.29) is 13.1 Å². The Morgan fingerprint density at radius 3 is 2.38 bits per heavy atom. The third kappa shape index (κ3) is 3.72. The van der Waals surface area contributed by atoms with E-state index in [4.69, 9.17) is 16.7 Å². The molecule has 112 valence electrons. The molecule has 2 amide bonds.